The zero-order valence-electron chi connectivity index (χ0n) is 12.7. The van der Waals surface area contributed by atoms with Crippen LogP contribution in [0.5, 0.6) is 5.75 Å². The van der Waals surface area contributed by atoms with Crippen LogP contribution in [0.1, 0.15) is 17.2 Å². The van der Waals surface area contributed by atoms with Gasteiger partial charge < -0.3 is 15.2 Å². The number of halogens is 2. The Hall–Kier alpha value is -2.73. The van der Waals surface area contributed by atoms with E-state index in [1.165, 1.54) is 18.2 Å². The molecule has 0 aliphatic carbocycles. The summed E-state index contributed by atoms with van der Waals surface area (Å²) >= 11 is 0. The molecule has 0 aliphatic rings. The highest BCUT2D eigenvalue weighted by Crippen LogP contribution is 2.21. The van der Waals surface area contributed by atoms with Crippen LogP contribution in [0.2, 0.25) is 0 Å². The van der Waals surface area contributed by atoms with Crippen molar-refractivity contribution in [3.63, 3.8) is 0 Å². The number of rotatable bonds is 7. The average molecular weight is 333 g/mol. The van der Waals surface area contributed by atoms with Crippen molar-refractivity contribution < 1.29 is 23.4 Å². The Morgan fingerprint density at radius 1 is 1.12 bits per heavy atom. The van der Waals surface area contributed by atoms with Crippen LogP contribution in [0.15, 0.2) is 60.7 Å². The summed E-state index contributed by atoms with van der Waals surface area (Å²) in [5.41, 5.74) is 1.12. The van der Waals surface area contributed by atoms with E-state index < -0.39 is 18.6 Å². The summed E-state index contributed by atoms with van der Waals surface area (Å²) in [7, 11) is 0. The summed E-state index contributed by atoms with van der Waals surface area (Å²) < 4.78 is 29.1. The molecule has 126 valence electrons. The van der Waals surface area contributed by atoms with Crippen LogP contribution in [0, 0.1) is 0 Å². The van der Waals surface area contributed by atoms with Crippen molar-refractivity contribution in [2.45, 2.75) is 12.7 Å². The average Bonchev–Trinajstić information content (AvgIpc) is 2.59. The van der Waals surface area contributed by atoms with Crippen LogP contribution in [-0.2, 0) is 4.79 Å². The number of hydrogen-bond acceptors (Lipinski definition) is 3. The highest BCUT2D eigenvalue weighted by atomic mass is 19.3. The maximum Gasteiger partial charge on any atom is 0.387 e. The van der Waals surface area contributed by atoms with Crippen LogP contribution in [0.4, 0.5) is 8.78 Å². The molecule has 2 aromatic rings. The van der Waals surface area contributed by atoms with Gasteiger partial charge in [0.05, 0.1) is 12.6 Å². The molecule has 0 spiro atoms. The molecule has 0 bridgehead atoms. The van der Waals surface area contributed by atoms with Gasteiger partial charge in [0.25, 0.3) is 0 Å². The van der Waals surface area contributed by atoms with Crippen molar-refractivity contribution in [2.24, 2.45) is 0 Å². The summed E-state index contributed by atoms with van der Waals surface area (Å²) in [4.78, 5) is 12.0. The fourth-order valence-electron chi connectivity index (χ4n) is 2.13. The lowest BCUT2D eigenvalue weighted by Gasteiger charge is -2.15. The van der Waals surface area contributed by atoms with E-state index >= 15 is 0 Å². The molecule has 2 N–H and O–H groups in total. The number of para-hydroxylation sites is 1. The second-order valence-corrected chi connectivity index (χ2v) is 4.90. The predicted molar refractivity (Wildman–Crippen MR) is 86.5 cm³/mol. The fourth-order valence-corrected chi connectivity index (χ4v) is 2.13. The topological polar surface area (TPSA) is 58.6 Å². The second kappa shape index (κ2) is 8.79. The van der Waals surface area contributed by atoms with Gasteiger partial charge in [0, 0.05) is 11.6 Å². The van der Waals surface area contributed by atoms with Gasteiger partial charge in [-0.1, -0.05) is 48.5 Å². The Morgan fingerprint density at radius 2 is 1.79 bits per heavy atom. The van der Waals surface area contributed by atoms with Gasteiger partial charge in [0.2, 0.25) is 5.91 Å². The minimum Gasteiger partial charge on any atom is -0.434 e. The highest BCUT2D eigenvalue weighted by molar-refractivity contribution is 5.92. The zero-order valence-corrected chi connectivity index (χ0v) is 12.7. The van der Waals surface area contributed by atoms with Gasteiger partial charge in [0.15, 0.2) is 0 Å². The SMILES string of the molecule is O=C(/C=C/c1ccccc1OC(F)F)N[C@H](CO)c1ccccc1. The molecule has 6 heteroatoms. The fraction of sp³-hybridized carbons (Fsp3) is 0.167. The number of ether oxygens (including phenoxy) is 1. The second-order valence-electron chi connectivity index (χ2n) is 4.90. The standard InChI is InChI=1S/C18H17F2NO3/c19-18(20)24-16-9-5-4-8-14(16)10-11-17(23)21-15(12-22)13-6-2-1-3-7-13/h1-11,15,18,22H,12H2,(H,21,23)/b11-10+/t15-/m1/s1. The summed E-state index contributed by atoms with van der Waals surface area (Å²) in [6.45, 7) is -3.19. The van der Waals surface area contributed by atoms with Crippen molar-refractivity contribution in [2.75, 3.05) is 6.61 Å². The normalized spacial score (nSPS) is 12.3. The summed E-state index contributed by atoms with van der Waals surface area (Å²) in [5.74, 6) is -0.469. The lowest BCUT2D eigenvalue weighted by molar-refractivity contribution is -0.117. The molecule has 0 heterocycles. The minimum absolute atomic E-state index is 0.0154. The Bertz CT molecular complexity index is 690. The molecule has 2 rings (SSSR count). The molecule has 0 aliphatic heterocycles. The van der Waals surface area contributed by atoms with Gasteiger partial charge in [-0.2, -0.15) is 8.78 Å². The maximum absolute atomic E-state index is 12.4. The van der Waals surface area contributed by atoms with E-state index in [-0.39, 0.29) is 12.4 Å². The van der Waals surface area contributed by atoms with Crippen molar-refractivity contribution >= 4 is 12.0 Å². The van der Waals surface area contributed by atoms with E-state index in [0.29, 0.717) is 5.56 Å². The van der Waals surface area contributed by atoms with E-state index in [1.807, 2.05) is 6.07 Å². The van der Waals surface area contributed by atoms with Crippen LogP contribution in [-0.4, -0.2) is 24.2 Å². The van der Waals surface area contributed by atoms with Gasteiger partial charge in [-0.25, -0.2) is 0 Å². The Morgan fingerprint density at radius 3 is 2.46 bits per heavy atom. The number of alkyl halides is 2. The van der Waals surface area contributed by atoms with E-state index in [2.05, 4.69) is 10.1 Å². The predicted octanol–water partition coefficient (Wildman–Crippen LogP) is 3.15. The van der Waals surface area contributed by atoms with Gasteiger partial charge in [-0.05, 0) is 17.7 Å². The Balaban J connectivity index is 2.05. The Labute approximate surface area is 138 Å². The van der Waals surface area contributed by atoms with Gasteiger partial charge in [-0.15, -0.1) is 0 Å². The van der Waals surface area contributed by atoms with Crippen molar-refractivity contribution in [1.82, 2.24) is 5.32 Å². The molecule has 1 atom stereocenters. The summed E-state index contributed by atoms with van der Waals surface area (Å²) in [6.07, 6.45) is 2.59. The number of nitrogens with one attached hydrogen (secondary N) is 1. The molecule has 0 unspecified atom stereocenters. The molecule has 0 fully saturated rings. The van der Waals surface area contributed by atoms with E-state index in [1.54, 1.807) is 42.5 Å². The molecule has 0 saturated heterocycles. The number of carbonyl (C=O) groups is 1. The monoisotopic (exact) mass is 333 g/mol. The maximum atomic E-state index is 12.4. The van der Waals surface area contributed by atoms with Crippen molar-refractivity contribution in [1.29, 1.82) is 0 Å². The first-order valence-electron chi connectivity index (χ1n) is 7.28. The number of amides is 1. The number of aliphatic hydroxyl groups excluding tert-OH is 1. The molecule has 24 heavy (non-hydrogen) atoms. The lowest BCUT2D eigenvalue weighted by Crippen LogP contribution is -2.29. The summed E-state index contributed by atoms with van der Waals surface area (Å²) in [6, 6.07) is 14.6. The lowest BCUT2D eigenvalue weighted by atomic mass is 10.1. The first-order chi connectivity index (χ1) is 11.6. The van der Waals surface area contributed by atoms with Crippen LogP contribution >= 0.6 is 0 Å². The van der Waals surface area contributed by atoms with Crippen LogP contribution in [0.3, 0.4) is 0 Å². The number of carbonyl (C=O) groups excluding carboxylic acids is 1. The van der Waals surface area contributed by atoms with Crippen LogP contribution in [0.25, 0.3) is 6.08 Å². The molecular formula is C18H17F2NO3. The quantitative estimate of drug-likeness (QED) is 0.765. The van der Waals surface area contributed by atoms with Gasteiger partial charge >= 0.3 is 6.61 Å². The van der Waals surface area contributed by atoms with E-state index in [4.69, 9.17) is 0 Å². The molecule has 0 radical (unpaired) electrons. The highest BCUT2D eigenvalue weighted by Gasteiger charge is 2.12. The van der Waals surface area contributed by atoms with E-state index in [0.717, 1.165) is 5.56 Å². The van der Waals surface area contributed by atoms with Crippen LogP contribution < -0.4 is 10.1 Å². The molecule has 0 aromatic heterocycles. The first-order valence-corrected chi connectivity index (χ1v) is 7.28. The third-order valence-electron chi connectivity index (χ3n) is 3.25. The number of aliphatic hydroxyl groups is 1. The summed E-state index contributed by atoms with van der Waals surface area (Å²) in [5, 5.41) is 12.1. The molecular weight excluding hydrogens is 316 g/mol. The first kappa shape index (κ1) is 17.6. The smallest absolute Gasteiger partial charge is 0.387 e. The van der Waals surface area contributed by atoms with Crippen molar-refractivity contribution in [3.05, 3.63) is 71.8 Å². The third kappa shape index (κ3) is 5.17. The zero-order chi connectivity index (χ0) is 17.4. The molecule has 1 amide bonds. The van der Waals surface area contributed by atoms with E-state index in [9.17, 15) is 18.7 Å². The minimum atomic E-state index is -2.94. The van der Waals surface area contributed by atoms with Gasteiger partial charge in [-0.3, -0.25) is 4.79 Å². The molecule has 2 aromatic carbocycles. The number of hydrogen-bond donors (Lipinski definition) is 2. The van der Waals surface area contributed by atoms with Gasteiger partial charge in [0.1, 0.15) is 5.75 Å². The number of benzene rings is 2. The van der Waals surface area contributed by atoms with Crippen molar-refractivity contribution in [3.8, 4) is 5.75 Å². The molecule has 4 nitrogen and oxygen atoms in total. The third-order valence-corrected chi connectivity index (χ3v) is 3.25. The largest absolute Gasteiger partial charge is 0.434 e. The Kier molecular flexibility index (Phi) is 6.45. The molecule has 0 saturated carbocycles.